The van der Waals surface area contributed by atoms with Gasteiger partial charge in [0, 0.05) is 0 Å². The van der Waals surface area contributed by atoms with Gasteiger partial charge >= 0.3 is 28.4 Å². The van der Waals surface area contributed by atoms with Gasteiger partial charge in [-0.1, -0.05) is 228 Å². The maximum atomic E-state index is 3.90. The molecule has 0 N–H and O–H groups in total. The van der Waals surface area contributed by atoms with Gasteiger partial charge in [-0.15, -0.1) is 16.7 Å². The number of hydrogen-bond donors (Lipinski definition) is 0. The Balaban J connectivity index is 0.000000328. The summed E-state index contributed by atoms with van der Waals surface area (Å²) in [4.78, 5) is 0. The first kappa shape index (κ1) is 54.1. The van der Waals surface area contributed by atoms with Crippen molar-refractivity contribution in [3.63, 3.8) is 0 Å². The van der Waals surface area contributed by atoms with E-state index in [-0.39, 0.29) is 46.5 Å². The fraction of sp³-hybridized carbons (Fsp3) is 0.288. The van der Waals surface area contributed by atoms with Crippen LogP contribution in [0.15, 0.2) is 170 Å². The minimum absolute atomic E-state index is 0. The summed E-state index contributed by atoms with van der Waals surface area (Å²) in [5.74, 6) is 0. The third kappa shape index (κ3) is 15.4. The van der Waals surface area contributed by atoms with Crippen molar-refractivity contribution in [1.29, 1.82) is 0 Å². The molecule has 0 aromatic heterocycles. The molecule has 0 bridgehead atoms. The largest absolute Gasteiger partial charge is 1.00 e. The van der Waals surface area contributed by atoms with Crippen molar-refractivity contribution in [2.45, 2.75) is 111 Å². The molecule has 1 aliphatic rings. The summed E-state index contributed by atoms with van der Waals surface area (Å²) >= 11 is 1.30. The second kappa shape index (κ2) is 24.2. The zero-order valence-corrected chi connectivity index (χ0v) is 43.3. The molecule has 7 aromatic rings. The van der Waals surface area contributed by atoms with Crippen LogP contribution in [0.1, 0.15) is 116 Å². The number of hydrogen-bond acceptors (Lipinski definition) is 0. The summed E-state index contributed by atoms with van der Waals surface area (Å²) in [7, 11) is 0. The Morgan fingerprint density at radius 1 is 0.419 bits per heavy atom. The zero-order chi connectivity index (χ0) is 44.1. The van der Waals surface area contributed by atoms with Crippen molar-refractivity contribution >= 4 is 4.21 Å². The Kier molecular flexibility index (Phi) is 21.1. The van der Waals surface area contributed by atoms with Crippen molar-refractivity contribution in [1.82, 2.24) is 0 Å². The Morgan fingerprint density at radius 2 is 0.742 bits per heavy atom. The summed E-state index contributed by atoms with van der Waals surface area (Å²) < 4.78 is 3.34. The van der Waals surface area contributed by atoms with E-state index in [0.29, 0.717) is 0 Å². The fourth-order valence-electron chi connectivity index (χ4n) is 7.47. The number of halogens is 2. The second-order valence-electron chi connectivity index (χ2n) is 19.6. The molecule has 0 spiro atoms. The predicted molar refractivity (Wildman–Crippen MR) is 261 cm³/mol. The topological polar surface area (TPSA) is 0 Å². The maximum Gasteiger partial charge on any atom is -0.0184 e. The van der Waals surface area contributed by atoms with E-state index < -0.39 is 0 Å². The molecule has 0 atom stereocenters. The molecule has 62 heavy (non-hydrogen) atoms. The molecule has 0 heterocycles. The number of benzene rings is 6. The van der Waals surface area contributed by atoms with Crippen LogP contribution in [0, 0.1) is 6.07 Å². The van der Waals surface area contributed by atoms with Crippen molar-refractivity contribution < 1.29 is 49.0 Å². The van der Waals surface area contributed by atoms with Gasteiger partial charge in [0.25, 0.3) is 0 Å². The van der Waals surface area contributed by atoms with Crippen molar-refractivity contribution in [2.75, 3.05) is 0 Å². The molecule has 8 rings (SSSR count). The van der Waals surface area contributed by atoms with Crippen LogP contribution in [0.2, 0.25) is 0 Å². The van der Waals surface area contributed by atoms with Gasteiger partial charge in [-0.2, -0.15) is 35.9 Å². The van der Waals surface area contributed by atoms with E-state index in [0.717, 1.165) is 6.42 Å². The van der Waals surface area contributed by atoms with E-state index in [1.165, 1.54) is 91.0 Å². The smallest absolute Gasteiger partial charge is 0.0184 e. The average Bonchev–Trinajstić information content (AvgIpc) is 3.93. The van der Waals surface area contributed by atoms with Gasteiger partial charge in [0.05, 0.1) is 0 Å². The minimum atomic E-state index is 0. The summed E-state index contributed by atoms with van der Waals surface area (Å²) in [6.07, 6.45) is 1.01. The molecule has 0 fully saturated rings. The van der Waals surface area contributed by atoms with Gasteiger partial charge in [0.15, 0.2) is 0 Å². The first-order valence-corrected chi connectivity index (χ1v) is 23.1. The van der Waals surface area contributed by atoms with Crippen LogP contribution >= 0.6 is 0 Å². The first-order chi connectivity index (χ1) is 28.3. The van der Waals surface area contributed by atoms with Crippen LogP contribution in [0.5, 0.6) is 0 Å². The molecule has 0 aliphatic heterocycles. The molecule has 0 saturated heterocycles. The van der Waals surface area contributed by atoms with Gasteiger partial charge in [-0.05, 0) is 61.6 Å². The molecular weight excluding hydrogens is 871 g/mol. The first-order valence-electron chi connectivity index (χ1n) is 21.4. The Labute approximate surface area is 404 Å². The van der Waals surface area contributed by atoms with Crippen molar-refractivity contribution in [3.05, 3.63) is 209 Å². The van der Waals surface area contributed by atoms with Crippen LogP contribution in [0.4, 0.5) is 0 Å². The van der Waals surface area contributed by atoms with E-state index in [1.54, 1.807) is 0 Å². The third-order valence-corrected chi connectivity index (χ3v) is 10.6. The fourth-order valence-corrected chi connectivity index (χ4v) is 7.47. The summed E-state index contributed by atoms with van der Waals surface area (Å²) in [6.45, 7) is 28.0. The van der Waals surface area contributed by atoms with E-state index in [9.17, 15) is 0 Å². The molecule has 7 aromatic carbocycles. The molecule has 324 valence electrons. The zero-order valence-electron chi connectivity index (χ0n) is 39.3. The summed E-state index contributed by atoms with van der Waals surface area (Å²) in [5, 5.41) is 0. The van der Waals surface area contributed by atoms with Crippen LogP contribution in [0.25, 0.3) is 33.4 Å². The molecule has 1 aliphatic carbocycles. The van der Waals surface area contributed by atoms with Crippen molar-refractivity contribution in [3.8, 4) is 33.4 Å². The van der Waals surface area contributed by atoms with E-state index in [4.69, 9.17) is 0 Å². The maximum absolute atomic E-state index is 3.90. The van der Waals surface area contributed by atoms with Crippen LogP contribution in [0.3, 0.4) is 0 Å². The quantitative estimate of drug-likeness (QED) is 0.152. The van der Waals surface area contributed by atoms with Gasteiger partial charge in [-0.25, -0.2) is 12.1 Å². The average molecular weight is 939 g/mol. The molecule has 0 unspecified atom stereocenters. The van der Waals surface area contributed by atoms with Gasteiger partial charge in [0.1, 0.15) is 0 Å². The molecule has 3 heteroatoms. The minimum Gasteiger partial charge on any atom is -1.00 e. The summed E-state index contributed by atoms with van der Waals surface area (Å²) in [6, 6.07) is 62.9. The van der Waals surface area contributed by atoms with E-state index >= 15 is 0 Å². The number of rotatable bonds is 2. The van der Waals surface area contributed by atoms with Crippen molar-refractivity contribution in [2.24, 2.45) is 0 Å². The van der Waals surface area contributed by atoms with Crippen LogP contribution in [-0.2, 0) is 52.3 Å². The van der Waals surface area contributed by atoms with E-state index in [1.807, 2.05) is 54.6 Å². The Hall–Kier alpha value is -4.00. The SMILES string of the molecule is CC(C)(C)c1[c-]c2c(cc1C(C)(C)C)-c1cc(C(C)(C)C)c(C(C)(C)C)cc1C2.[CH2]=[Zr+2].[Cl-].[Cl-].c1cc[cH-]c1.c1ccc(-c2ccccc2)cc1.c1ccc(-c2ccccc2)cc1. The summed E-state index contributed by atoms with van der Waals surface area (Å²) in [5.41, 5.74) is 17.1. The van der Waals surface area contributed by atoms with Gasteiger partial charge in [-0.3, -0.25) is 0 Å². The standard InChI is InChI=1S/C29H41.2C12H10.C5H5.CH2.2ClH.Zr/c1-26(2,3)22-14-18-13-19-15-23(27(4,5)6)25(29(10,11)12)17-21(19)20(18)16-24(22)28(7,8)9;2*1-3-7-11(8-4-1)12-9-5-2-6-10-12;1-2-4-5-3-1;;;;/h14,16-17H,13H2,1-12H3;2*1-10H;1-5H;1H2;2*1H;/q-1;;;-1;;;;+2/p-2. The van der Waals surface area contributed by atoms with Gasteiger partial charge < -0.3 is 24.8 Å². The molecule has 0 nitrogen and oxygen atoms in total. The van der Waals surface area contributed by atoms with Crippen LogP contribution < -0.4 is 24.8 Å². The number of fused-ring (bicyclic) bond motifs is 3. The van der Waals surface area contributed by atoms with E-state index in [2.05, 4.69) is 209 Å². The molecule has 0 saturated carbocycles. The molecule has 0 radical (unpaired) electrons. The third-order valence-electron chi connectivity index (χ3n) is 10.6. The van der Waals surface area contributed by atoms with Gasteiger partial charge in [0.2, 0.25) is 0 Å². The second-order valence-corrected chi connectivity index (χ2v) is 19.6. The normalized spacial score (nSPS) is 11.4. The Bertz CT molecular complexity index is 2070. The predicted octanol–water partition coefficient (Wildman–Crippen LogP) is 10.3. The van der Waals surface area contributed by atoms with Crippen LogP contribution in [-0.4, -0.2) is 4.21 Å². The monoisotopic (exact) mass is 936 g/mol. The Morgan fingerprint density at radius 3 is 1.03 bits per heavy atom. The molecule has 0 amide bonds. The molecular formula is C59H68Cl2Zr-2.